The van der Waals surface area contributed by atoms with Crippen molar-refractivity contribution in [2.45, 2.75) is 45.2 Å². The Bertz CT molecular complexity index is 697. The maximum Gasteiger partial charge on any atom is 0.325 e. The van der Waals surface area contributed by atoms with E-state index in [1.165, 1.54) is 0 Å². The number of carbonyl (C=O) groups excluding carboxylic acids is 3. The van der Waals surface area contributed by atoms with Gasteiger partial charge in [-0.1, -0.05) is 13.8 Å². The quantitative estimate of drug-likeness (QED) is 0.637. The molecule has 1 saturated carbocycles. The van der Waals surface area contributed by atoms with Crippen LogP contribution in [-0.2, 0) is 9.59 Å². The van der Waals surface area contributed by atoms with Gasteiger partial charge in [-0.3, -0.25) is 19.4 Å². The highest BCUT2D eigenvalue weighted by atomic mass is 16.3. The monoisotopic (exact) mass is 376 g/mol. The van der Waals surface area contributed by atoms with Crippen molar-refractivity contribution < 1.29 is 18.8 Å². The molecule has 0 bridgehead atoms. The third-order valence-electron chi connectivity index (χ3n) is 5.61. The molecule has 0 radical (unpaired) electrons. The molecule has 2 fully saturated rings. The molecule has 2 unspecified atom stereocenters. The van der Waals surface area contributed by atoms with Crippen molar-refractivity contribution in [2.24, 2.45) is 5.92 Å². The fourth-order valence-corrected chi connectivity index (χ4v) is 3.76. The summed E-state index contributed by atoms with van der Waals surface area (Å²) in [6.45, 7) is 7.54. The maximum atomic E-state index is 12.6. The van der Waals surface area contributed by atoms with Gasteiger partial charge in [-0.15, -0.1) is 0 Å². The number of nitrogens with one attached hydrogen (secondary N) is 2. The van der Waals surface area contributed by atoms with Crippen LogP contribution in [0.2, 0.25) is 0 Å². The lowest BCUT2D eigenvalue weighted by atomic mass is 9.96. The second kappa shape index (κ2) is 7.72. The molecule has 1 aliphatic carbocycles. The van der Waals surface area contributed by atoms with E-state index in [1.807, 2.05) is 26.0 Å². The molecule has 1 saturated heterocycles. The van der Waals surface area contributed by atoms with E-state index in [-0.39, 0.29) is 30.3 Å². The molecular weight excluding hydrogens is 348 g/mol. The first-order valence-corrected chi connectivity index (χ1v) is 9.59. The largest absolute Gasteiger partial charge is 0.468 e. The van der Waals surface area contributed by atoms with Crippen LogP contribution in [0.25, 0.3) is 0 Å². The van der Waals surface area contributed by atoms with Crippen molar-refractivity contribution in [1.29, 1.82) is 0 Å². The summed E-state index contributed by atoms with van der Waals surface area (Å²) in [6.07, 6.45) is 3.47. The molecule has 27 heavy (non-hydrogen) atoms. The Morgan fingerprint density at radius 1 is 1.41 bits per heavy atom. The van der Waals surface area contributed by atoms with E-state index in [9.17, 15) is 14.4 Å². The molecule has 1 aromatic heterocycles. The number of nitrogens with zero attached hydrogens (tertiary/aromatic N) is 2. The van der Waals surface area contributed by atoms with Crippen LogP contribution >= 0.6 is 0 Å². The van der Waals surface area contributed by atoms with Gasteiger partial charge in [0.2, 0.25) is 5.91 Å². The minimum atomic E-state index is -0.866. The minimum absolute atomic E-state index is 0.0983. The molecule has 2 atom stereocenters. The lowest BCUT2D eigenvalue weighted by Gasteiger charge is -2.28. The van der Waals surface area contributed by atoms with Gasteiger partial charge in [0.1, 0.15) is 17.8 Å². The van der Waals surface area contributed by atoms with Gasteiger partial charge in [-0.2, -0.15) is 0 Å². The first-order chi connectivity index (χ1) is 12.9. The zero-order valence-corrected chi connectivity index (χ0v) is 16.2. The Balaban J connectivity index is 1.60. The number of carbonyl (C=O) groups is 3. The minimum Gasteiger partial charge on any atom is -0.468 e. The van der Waals surface area contributed by atoms with Gasteiger partial charge in [0.05, 0.1) is 12.3 Å². The Hall–Kier alpha value is -2.35. The first kappa shape index (κ1) is 19.4. The average Bonchev–Trinajstić information content (AvgIpc) is 3.33. The fourth-order valence-electron chi connectivity index (χ4n) is 3.76. The zero-order chi connectivity index (χ0) is 19.6. The highest BCUT2D eigenvalue weighted by Crippen LogP contribution is 2.42. The van der Waals surface area contributed by atoms with E-state index < -0.39 is 11.6 Å². The first-order valence-electron chi connectivity index (χ1n) is 9.59. The second-order valence-corrected chi connectivity index (χ2v) is 7.35. The standard InChI is InChI=1S/C19H28N4O4/c1-4-22(5-2)14(15-7-6-10-27-15)11-20-16(24)12-23-17(25)19(3,13-8-9-13)21-18(23)26/h6-7,10,13-14H,4-5,8-9,11-12H2,1-3H3,(H,20,24)(H,21,26). The number of hydrogen-bond acceptors (Lipinski definition) is 5. The number of imide groups is 1. The summed E-state index contributed by atoms with van der Waals surface area (Å²) in [4.78, 5) is 40.4. The Morgan fingerprint density at radius 2 is 2.11 bits per heavy atom. The predicted molar refractivity (Wildman–Crippen MR) is 98.8 cm³/mol. The van der Waals surface area contributed by atoms with Gasteiger partial charge in [-0.05, 0) is 50.9 Å². The Kier molecular flexibility index (Phi) is 5.55. The SMILES string of the molecule is CCN(CC)C(CNC(=O)CN1C(=O)NC(C)(C2CC2)C1=O)c1ccco1. The van der Waals surface area contributed by atoms with Crippen molar-refractivity contribution in [1.82, 2.24) is 20.4 Å². The molecule has 0 spiro atoms. The number of urea groups is 1. The third kappa shape index (κ3) is 3.85. The van der Waals surface area contributed by atoms with Crippen molar-refractivity contribution in [3.63, 3.8) is 0 Å². The van der Waals surface area contributed by atoms with Crippen LogP contribution in [0.4, 0.5) is 4.79 Å². The fraction of sp³-hybridized carbons (Fsp3) is 0.632. The molecule has 2 aliphatic rings. The van der Waals surface area contributed by atoms with Gasteiger partial charge < -0.3 is 15.1 Å². The summed E-state index contributed by atoms with van der Waals surface area (Å²) in [7, 11) is 0. The Labute approximate surface area is 159 Å². The number of furan rings is 1. The van der Waals surface area contributed by atoms with Crippen LogP contribution in [0.3, 0.4) is 0 Å². The summed E-state index contributed by atoms with van der Waals surface area (Å²) < 4.78 is 5.52. The van der Waals surface area contributed by atoms with Crippen LogP contribution < -0.4 is 10.6 Å². The predicted octanol–water partition coefficient (Wildman–Crippen LogP) is 1.50. The molecule has 8 nitrogen and oxygen atoms in total. The van der Waals surface area contributed by atoms with E-state index in [0.717, 1.165) is 36.6 Å². The van der Waals surface area contributed by atoms with Crippen molar-refractivity contribution in [3.05, 3.63) is 24.2 Å². The second-order valence-electron chi connectivity index (χ2n) is 7.35. The van der Waals surface area contributed by atoms with Crippen LogP contribution in [0.15, 0.2) is 22.8 Å². The van der Waals surface area contributed by atoms with E-state index in [4.69, 9.17) is 4.42 Å². The smallest absolute Gasteiger partial charge is 0.325 e. The van der Waals surface area contributed by atoms with Crippen molar-refractivity contribution in [2.75, 3.05) is 26.2 Å². The molecule has 0 aromatic carbocycles. The van der Waals surface area contributed by atoms with Crippen LogP contribution in [-0.4, -0.2) is 59.4 Å². The summed E-state index contributed by atoms with van der Waals surface area (Å²) in [5.74, 6) is 0.280. The maximum absolute atomic E-state index is 12.6. The molecule has 2 heterocycles. The van der Waals surface area contributed by atoms with Crippen LogP contribution in [0.5, 0.6) is 0 Å². The lowest BCUT2D eigenvalue weighted by Crippen LogP contribution is -2.47. The molecule has 148 valence electrons. The molecular formula is C19H28N4O4. The highest BCUT2D eigenvalue weighted by molar-refractivity contribution is 6.09. The summed E-state index contributed by atoms with van der Waals surface area (Å²) in [6, 6.07) is 3.11. The third-order valence-corrected chi connectivity index (χ3v) is 5.61. The summed E-state index contributed by atoms with van der Waals surface area (Å²) >= 11 is 0. The molecule has 1 aromatic rings. The Morgan fingerprint density at radius 3 is 2.67 bits per heavy atom. The lowest BCUT2D eigenvalue weighted by molar-refractivity contribution is -0.135. The van der Waals surface area contributed by atoms with E-state index in [0.29, 0.717) is 6.54 Å². The van der Waals surface area contributed by atoms with Crippen LogP contribution in [0.1, 0.15) is 45.4 Å². The van der Waals surface area contributed by atoms with Crippen LogP contribution in [0, 0.1) is 5.92 Å². The van der Waals surface area contributed by atoms with E-state index in [1.54, 1.807) is 13.2 Å². The van der Waals surface area contributed by atoms with Gasteiger partial charge in [-0.25, -0.2) is 4.79 Å². The number of amides is 4. The van der Waals surface area contributed by atoms with Gasteiger partial charge in [0, 0.05) is 6.54 Å². The van der Waals surface area contributed by atoms with E-state index in [2.05, 4.69) is 15.5 Å². The molecule has 8 heteroatoms. The van der Waals surface area contributed by atoms with Gasteiger partial charge >= 0.3 is 6.03 Å². The summed E-state index contributed by atoms with van der Waals surface area (Å²) in [5, 5.41) is 5.60. The van der Waals surface area contributed by atoms with E-state index >= 15 is 0 Å². The molecule has 2 N–H and O–H groups in total. The zero-order valence-electron chi connectivity index (χ0n) is 16.2. The normalized spacial score (nSPS) is 23.6. The highest BCUT2D eigenvalue weighted by Gasteiger charge is 2.56. The number of hydrogen-bond donors (Lipinski definition) is 2. The average molecular weight is 376 g/mol. The van der Waals surface area contributed by atoms with Gasteiger partial charge in [0.25, 0.3) is 5.91 Å². The molecule has 1 aliphatic heterocycles. The van der Waals surface area contributed by atoms with Crippen molar-refractivity contribution >= 4 is 17.8 Å². The number of likely N-dealkylation sites (N-methyl/N-ethyl adjacent to an activating group) is 1. The number of rotatable bonds is 9. The topological polar surface area (TPSA) is 94.9 Å². The van der Waals surface area contributed by atoms with Gasteiger partial charge in [0.15, 0.2) is 0 Å². The van der Waals surface area contributed by atoms with Crippen molar-refractivity contribution in [3.8, 4) is 0 Å². The summed E-state index contributed by atoms with van der Waals surface area (Å²) in [5.41, 5.74) is -0.866. The molecule has 4 amide bonds. The molecule has 3 rings (SSSR count).